The monoisotopic (exact) mass is 299 g/mol. The smallest absolute Gasteiger partial charge is 0.144 e. The summed E-state index contributed by atoms with van der Waals surface area (Å²) in [6, 6.07) is 0. The van der Waals surface area contributed by atoms with Crippen molar-refractivity contribution in [1.82, 2.24) is 9.97 Å². The van der Waals surface area contributed by atoms with E-state index in [9.17, 15) is 0 Å². The molecule has 0 radical (unpaired) electrons. The number of hydrogen-bond acceptors (Lipinski definition) is 4. The lowest BCUT2D eigenvalue weighted by atomic mass is 10.2. The van der Waals surface area contributed by atoms with Crippen LogP contribution in [-0.2, 0) is 0 Å². The molecule has 0 aromatic carbocycles. The average molecular weight is 300 g/mol. The number of nitrogen functional groups attached to an aromatic ring is 1. The second-order valence-corrected chi connectivity index (χ2v) is 6.55. The molecule has 1 aromatic heterocycles. The highest BCUT2D eigenvalue weighted by atomic mass is 79.9. The lowest BCUT2D eigenvalue weighted by Gasteiger charge is -2.11. The Bertz CT molecular complexity index is 414. The summed E-state index contributed by atoms with van der Waals surface area (Å²) >= 11 is 5.46. The molecule has 0 bridgehead atoms. The minimum atomic E-state index is 0.466. The fourth-order valence-corrected chi connectivity index (χ4v) is 3.76. The second-order valence-electron chi connectivity index (χ2n) is 4.44. The summed E-state index contributed by atoms with van der Waals surface area (Å²) in [5.74, 6) is 3.40. The molecule has 2 aliphatic rings. The maximum Gasteiger partial charge on any atom is 0.144 e. The molecule has 1 saturated heterocycles. The Morgan fingerprint density at radius 2 is 2.06 bits per heavy atom. The highest BCUT2D eigenvalue weighted by molar-refractivity contribution is 9.10. The Hall–Kier alpha value is -0.290. The molecular weight excluding hydrogens is 286 g/mol. The predicted octanol–water partition coefficient (Wildman–Crippen LogP) is 3.27. The minimum absolute atomic E-state index is 0.466. The van der Waals surface area contributed by atoms with Crippen molar-refractivity contribution in [2.45, 2.75) is 36.9 Å². The van der Waals surface area contributed by atoms with E-state index in [1.807, 2.05) is 11.8 Å². The van der Waals surface area contributed by atoms with Crippen molar-refractivity contribution in [3.8, 4) is 0 Å². The van der Waals surface area contributed by atoms with Crippen LogP contribution in [0.1, 0.15) is 48.4 Å². The molecule has 1 aliphatic carbocycles. The zero-order valence-electron chi connectivity index (χ0n) is 8.95. The molecule has 1 aromatic rings. The summed E-state index contributed by atoms with van der Waals surface area (Å²) < 4.78 is 0.918. The first-order valence-electron chi connectivity index (χ1n) is 5.70. The minimum Gasteiger partial charge on any atom is -0.383 e. The largest absolute Gasteiger partial charge is 0.383 e. The van der Waals surface area contributed by atoms with E-state index in [-0.39, 0.29) is 0 Å². The highest BCUT2D eigenvalue weighted by Gasteiger charge is 2.30. The van der Waals surface area contributed by atoms with Gasteiger partial charge in [0, 0.05) is 5.92 Å². The molecule has 1 unspecified atom stereocenters. The van der Waals surface area contributed by atoms with Gasteiger partial charge in [-0.05, 0) is 47.4 Å². The first-order valence-corrected chi connectivity index (χ1v) is 7.54. The quantitative estimate of drug-likeness (QED) is 0.910. The third-order valence-electron chi connectivity index (χ3n) is 3.10. The van der Waals surface area contributed by atoms with Gasteiger partial charge in [-0.25, -0.2) is 9.97 Å². The highest BCUT2D eigenvalue weighted by Crippen LogP contribution is 2.45. The number of rotatable bonds is 2. The number of thioether (sulfide) groups is 1. The van der Waals surface area contributed by atoms with Gasteiger partial charge in [-0.3, -0.25) is 0 Å². The van der Waals surface area contributed by atoms with E-state index in [1.165, 1.54) is 31.4 Å². The summed E-state index contributed by atoms with van der Waals surface area (Å²) in [7, 11) is 0. The van der Waals surface area contributed by atoms with Crippen LogP contribution < -0.4 is 5.73 Å². The summed E-state index contributed by atoms with van der Waals surface area (Å²) in [6.45, 7) is 0. The van der Waals surface area contributed by atoms with Gasteiger partial charge in [0.25, 0.3) is 0 Å². The molecule has 86 valence electrons. The van der Waals surface area contributed by atoms with Gasteiger partial charge >= 0.3 is 0 Å². The van der Waals surface area contributed by atoms with Gasteiger partial charge < -0.3 is 5.73 Å². The van der Waals surface area contributed by atoms with E-state index in [1.54, 1.807) is 0 Å². The first-order chi connectivity index (χ1) is 7.75. The molecule has 2 N–H and O–H groups in total. The van der Waals surface area contributed by atoms with Crippen molar-refractivity contribution in [3.63, 3.8) is 0 Å². The van der Waals surface area contributed by atoms with Crippen LogP contribution in [0.5, 0.6) is 0 Å². The zero-order valence-corrected chi connectivity index (χ0v) is 11.4. The molecule has 1 saturated carbocycles. The molecule has 2 heterocycles. The van der Waals surface area contributed by atoms with Crippen molar-refractivity contribution >= 4 is 33.5 Å². The van der Waals surface area contributed by atoms with Crippen LogP contribution in [0.25, 0.3) is 0 Å². The molecule has 1 aliphatic heterocycles. The lowest BCUT2D eigenvalue weighted by Crippen LogP contribution is -2.06. The number of halogens is 1. The summed E-state index contributed by atoms with van der Waals surface area (Å²) in [4.78, 5) is 9.14. The summed E-state index contributed by atoms with van der Waals surface area (Å²) in [5, 5.41) is 0.466. The lowest BCUT2D eigenvalue weighted by molar-refractivity contribution is 0.764. The molecule has 0 spiro atoms. The zero-order chi connectivity index (χ0) is 11.1. The Balaban J connectivity index is 1.98. The Morgan fingerprint density at radius 3 is 2.69 bits per heavy atom. The van der Waals surface area contributed by atoms with Crippen molar-refractivity contribution in [2.24, 2.45) is 0 Å². The SMILES string of the molecule is Nc1nc(C2CCCS2)nc(C2CC2)c1Br. The van der Waals surface area contributed by atoms with Crippen molar-refractivity contribution < 1.29 is 0 Å². The third kappa shape index (κ3) is 1.95. The van der Waals surface area contributed by atoms with Crippen LogP contribution in [0.3, 0.4) is 0 Å². The van der Waals surface area contributed by atoms with Gasteiger partial charge in [0.05, 0.1) is 15.4 Å². The van der Waals surface area contributed by atoms with E-state index in [0.717, 1.165) is 16.0 Å². The third-order valence-corrected chi connectivity index (χ3v) is 5.29. The van der Waals surface area contributed by atoms with Crippen molar-refractivity contribution in [2.75, 3.05) is 11.5 Å². The molecular formula is C11H14BrN3S. The number of hydrogen-bond donors (Lipinski definition) is 1. The van der Waals surface area contributed by atoms with Crippen LogP contribution in [0, 0.1) is 0 Å². The van der Waals surface area contributed by atoms with E-state index in [4.69, 9.17) is 10.7 Å². The van der Waals surface area contributed by atoms with Gasteiger partial charge in [-0.1, -0.05) is 0 Å². The van der Waals surface area contributed by atoms with Gasteiger partial charge in [-0.15, -0.1) is 0 Å². The van der Waals surface area contributed by atoms with E-state index in [2.05, 4.69) is 20.9 Å². The van der Waals surface area contributed by atoms with Gasteiger partial charge in [-0.2, -0.15) is 11.8 Å². The van der Waals surface area contributed by atoms with Crippen LogP contribution in [0.4, 0.5) is 5.82 Å². The number of aromatic nitrogens is 2. The van der Waals surface area contributed by atoms with Crippen molar-refractivity contribution in [1.29, 1.82) is 0 Å². The predicted molar refractivity (Wildman–Crippen MR) is 70.6 cm³/mol. The molecule has 2 fully saturated rings. The Kier molecular flexibility index (Phi) is 2.83. The summed E-state index contributed by atoms with van der Waals surface area (Å²) in [6.07, 6.45) is 4.95. The van der Waals surface area contributed by atoms with Gasteiger partial charge in [0.2, 0.25) is 0 Å². The maximum absolute atomic E-state index is 5.95. The first kappa shape index (κ1) is 10.8. The van der Waals surface area contributed by atoms with Crippen molar-refractivity contribution in [3.05, 3.63) is 16.0 Å². The summed E-state index contributed by atoms with van der Waals surface area (Å²) in [5.41, 5.74) is 7.08. The molecule has 1 atom stereocenters. The van der Waals surface area contributed by atoms with Crippen LogP contribution in [-0.4, -0.2) is 15.7 Å². The molecule has 3 rings (SSSR count). The fourth-order valence-electron chi connectivity index (χ4n) is 2.05. The molecule has 16 heavy (non-hydrogen) atoms. The van der Waals surface area contributed by atoms with Crippen LogP contribution >= 0.6 is 27.7 Å². The van der Waals surface area contributed by atoms with Crippen LogP contribution in [0.2, 0.25) is 0 Å². The Labute approximate surface area is 108 Å². The van der Waals surface area contributed by atoms with Crippen LogP contribution in [0.15, 0.2) is 4.47 Å². The maximum atomic E-state index is 5.95. The standard InChI is InChI=1S/C11H14BrN3S/c12-8-9(6-3-4-6)14-11(15-10(8)13)7-2-1-5-16-7/h6-7H,1-5H2,(H2,13,14,15). The van der Waals surface area contributed by atoms with Gasteiger partial charge in [0.1, 0.15) is 11.6 Å². The molecule has 3 nitrogen and oxygen atoms in total. The topological polar surface area (TPSA) is 51.8 Å². The number of nitrogens with two attached hydrogens (primary N) is 1. The second kappa shape index (κ2) is 4.18. The number of nitrogens with zero attached hydrogens (tertiary/aromatic N) is 2. The molecule has 0 amide bonds. The molecule has 5 heteroatoms. The van der Waals surface area contributed by atoms with Gasteiger partial charge in [0.15, 0.2) is 0 Å². The van der Waals surface area contributed by atoms with E-state index >= 15 is 0 Å². The Morgan fingerprint density at radius 1 is 1.25 bits per heavy atom. The average Bonchev–Trinajstić information content (AvgIpc) is 2.96. The van der Waals surface area contributed by atoms with E-state index < -0.39 is 0 Å². The fraction of sp³-hybridized carbons (Fsp3) is 0.636. The normalized spacial score (nSPS) is 24.9. The number of anilines is 1. The van der Waals surface area contributed by atoms with E-state index in [0.29, 0.717) is 17.0 Å².